The van der Waals surface area contributed by atoms with E-state index in [9.17, 15) is 4.39 Å². The van der Waals surface area contributed by atoms with Gasteiger partial charge in [0.05, 0.1) is 6.61 Å². The summed E-state index contributed by atoms with van der Waals surface area (Å²) < 4.78 is 18.5. The third kappa shape index (κ3) is 2.77. The van der Waals surface area contributed by atoms with Gasteiger partial charge in [-0.25, -0.2) is 4.39 Å². The molecule has 0 atom stereocenters. The number of hydrogen-bond acceptors (Lipinski definition) is 1. The number of ether oxygens (including phenoxy) is 1. The molecule has 1 aromatic carbocycles. The summed E-state index contributed by atoms with van der Waals surface area (Å²) in [5.41, 5.74) is 0.527. The highest BCUT2D eigenvalue weighted by Crippen LogP contribution is 2.18. The normalized spacial score (nSPS) is 9.93. The number of rotatable bonds is 3. The molecule has 0 unspecified atom stereocenters. The average Bonchev–Trinajstić information content (AvgIpc) is 2.15. The molecule has 14 heavy (non-hydrogen) atoms. The van der Waals surface area contributed by atoms with Crippen LogP contribution >= 0.6 is 0 Å². The zero-order valence-electron chi connectivity index (χ0n) is 8.38. The van der Waals surface area contributed by atoms with Crippen molar-refractivity contribution in [3.8, 4) is 18.1 Å². The Morgan fingerprint density at radius 3 is 2.71 bits per heavy atom. The zero-order chi connectivity index (χ0) is 10.6. The van der Waals surface area contributed by atoms with Crippen LogP contribution in [0, 0.1) is 24.1 Å². The largest absolute Gasteiger partial charge is 0.490 e. The molecule has 74 valence electrons. The van der Waals surface area contributed by atoms with Crippen LogP contribution in [0.1, 0.15) is 19.4 Å². The summed E-state index contributed by atoms with van der Waals surface area (Å²) in [6.45, 7) is 4.52. The van der Waals surface area contributed by atoms with Crippen molar-refractivity contribution in [2.75, 3.05) is 6.61 Å². The lowest BCUT2D eigenvalue weighted by molar-refractivity contribution is 0.259. The molecule has 0 N–H and O–H groups in total. The topological polar surface area (TPSA) is 9.23 Å². The molecule has 0 radical (unpaired) electrons. The van der Waals surface area contributed by atoms with Crippen LogP contribution in [-0.4, -0.2) is 6.61 Å². The first-order valence-corrected chi connectivity index (χ1v) is 4.52. The molecule has 0 aromatic heterocycles. The third-order valence-corrected chi connectivity index (χ3v) is 1.67. The van der Waals surface area contributed by atoms with Gasteiger partial charge >= 0.3 is 0 Å². The lowest BCUT2D eigenvalue weighted by Gasteiger charge is -2.09. The van der Waals surface area contributed by atoms with Crippen LogP contribution in [0.3, 0.4) is 0 Å². The van der Waals surface area contributed by atoms with Crippen LogP contribution in [-0.2, 0) is 0 Å². The van der Waals surface area contributed by atoms with E-state index in [2.05, 4.69) is 5.92 Å². The Labute approximate surface area is 83.9 Å². The monoisotopic (exact) mass is 192 g/mol. The van der Waals surface area contributed by atoms with Gasteiger partial charge in [-0.1, -0.05) is 19.8 Å². The third-order valence-electron chi connectivity index (χ3n) is 1.67. The smallest absolute Gasteiger partial charge is 0.166 e. The summed E-state index contributed by atoms with van der Waals surface area (Å²) >= 11 is 0. The fraction of sp³-hybridized carbons (Fsp3) is 0.333. The molecule has 0 heterocycles. The maximum absolute atomic E-state index is 13.3. The molecule has 0 spiro atoms. The fourth-order valence-corrected chi connectivity index (χ4v) is 0.964. The van der Waals surface area contributed by atoms with Gasteiger partial charge in [-0.15, -0.1) is 6.42 Å². The molecule has 0 bridgehead atoms. The van der Waals surface area contributed by atoms with Crippen LogP contribution in [0.5, 0.6) is 5.75 Å². The van der Waals surface area contributed by atoms with E-state index in [1.54, 1.807) is 12.1 Å². The minimum Gasteiger partial charge on any atom is -0.490 e. The number of benzene rings is 1. The molecule has 1 rings (SSSR count). The van der Waals surface area contributed by atoms with E-state index in [-0.39, 0.29) is 5.75 Å². The molecule has 0 aliphatic rings. The molecule has 0 saturated carbocycles. The Hall–Kier alpha value is -1.49. The fourth-order valence-electron chi connectivity index (χ4n) is 0.964. The summed E-state index contributed by atoms with van der Waals surface area (Å²) in [6, 6.07) is 4.53. The van der Waals surface area contributed by atoms with Gasteiger partial charge in [-0.05, 0) is 24.1 Å². The van der Waals surface area contributed by atoms with Gasteiger partial charge in [0.1, 0.15) is 0 Å². The average molecular weight is 192 g/mol. The van der Waals surface area contributed by atoms with E-state index < -0.39 is 5.82 Å². The van der Waals surface area contributed by atoms with E-state index in [1.165, 1.54) is 6.07 Å². The first-order valence-electron chi connectivity index (χ1n) is 4.52. The number of halogens is 1. The minimum absolute atomic E-state index is 0.262. The van der Waals surface area contributed by atoms with Crippen molar-refractivity contribution >= 4 is 0 Å². The van der Waals surface area contributed by atoms with Crippen molar-refractivity contribution in [1.29, 1.82) is 0 Å². The highest BCUT2D eigenvalue weighted by molar-refractivity contribution is 5.37. The van der Waals surface area contributed by atoms with Crippen LogP contribution < -0.4 is 4.74 Å². The van der Waals surface area contributed by atoms with Gasteiger partial charge in [0, 0.05) is 5.56 Å². The van der Waals surface area contributed by atoms with E-state index in [1.807, 2.05) is 13.8 Å². The van der Waals surface area contributed by atoms with Crippen LogP contribution in [0.2, 0.25) is 0 Å². The molecule has 2 heteroatoms. The van der Waals surface area contributed by atoms with Gasteiger partial charge in [0.25, 0.3) is 0 Å². The first-order chi connectivity index (χ1) is 6.63. The van der Waals surface area contributed by atoms with Crippen molar-refractivity contribution < 1.29 is 9.13 Å². The van der Waals surface area contributed by atoms with Crippen molar-refractivity contribution in [3.63, 3.8) is 0 Å². The van der Waals surface area contributed by atoms with Crippen LogP contribution in [0.15, 0.2) is 18.2 Å². The second-order valence-corrected chi connectivity index (χ2v) is 3.49. The van der Waals surface area contributed by atoms with Gasteiger partial charge in [-0.2, -0.15) is 0 Å². The SMILES string of the molecule is C#Cc1ccc(OCC(C)C)c(F)c1. The molecule has 0 aliphatic heterocycles. The predicted octanol–water partition coefficient (Wildman–Crippen LogP) is 2.84. The summed E-state index contributed by atoms with van der Waals surface area (Å²) in [7, 11) is 0. The predicted molar refractivity (Wildman–Crippen MR) is 54.7 cm³/mol. The Kier molecular flexibility index (Phi) is 3.53. The summed E-state index contributed by atoms with van der Waals surface area (Å²) in [5, 5.41) is 0. The van der Waals surface area contributed by atoms with E-state index in [4.69, 9.17) is 11.2 Å². The summed E-state index contributed by atoms with van der Waals surface area (Å²) in [5.74, 6) is 2.60. The lowest BCUT2D eigenvalue weighted by Crippen LogP contribution is -2.05. The maximum Gasteiger partial charge on any atom is 0.166 e. The van der Waals surface area contributed by atoms with Gasteiger partial charge in [0.2, 0.25) is 0 Å². The Morgan fingerprint density at radius 2 is 2.21 bits per heavy atom. The summed E-state index contributed by atoms with van der Waals surface area (Å²) in [6.07, 6.45) is 5.13. The van der Waals surface area contributed by atoms with E-state index >= 15 is 0 Å². The molecule has 1 nitrogen and oxygen atoms in total. The van der Waals surface area contributed by atoms with Crippen molar-refractivity contribution in [2.45, 2.75) is 13.8 Å². The Bertz CT molecular complexity index is 350. The van der Waals surface area contributed by atoms with Gasteiger partial charge < -0.3 is 4.74 Å². The molecule has 1 aromatic rings. The lowest BCUT2D eigenvalue weighted by atomic mass is 10.2. The van der Waals surface area contributed by atoms with Crippen LogP contribution in [0.25, 0.3) is 0 Å². The van der Waals surface area contributed by atoms with Crippen molar-refractivity contribution in [1.82, 2.24) is 0 Å². The molecule has 0 fully saturated rings. The minimum atomic E-state index is -0.402. The molecular weight excluding hydrogens is 179 g/mol. The van der Waals surface area contributed by atoms with Gasteiger partial charge in [0.15, 0.2) is 11.6 Å². The van der Waals surface area contributed by atoms with Crippen LogP contribution in [0.4, 0.5) is 4.39 Å². The quantitative estimate of drug-likeness (QED) is 0.669. The summed E-state index contributed by atoms with van der Waals surface area (Å²) in [4.78, 5) is 0. The highest BCUT2D eigenvalue weighted by atomic mass is 19.1. The molecular formula is C12H13FO. The van der Waals surface area contributed by atoms with E-state index in [0.29, 0.717) is 18.1 Å². The van der Waals surface area contributed by atoms with Crippen molar-refractivity contribution in [3.05, 3.63) is 29.6 Å². The van der Waals surface area contributed by atoms with Gasteiger partial charge in [-0.3, -0.25) is 0 Å². The number of hydrogen-bond donors (Lipinski definition) is 0. The Balaban J connectivity index is 2.75. The second kappa shape index (κ2) is 4.66. The molecule has 0 amide bonds. The zero-order valence-corrected chi connectivity index (χ0v) is 8.38. The Morgan fingerprint density at radius 1 is 1.50 bits per heavy atom. The second-order valence-electron chi connectivity index (χ2n) is 3.49. The maximum atomic E-state index is 13.3. The molecule has 0 saturated heterocycles. The van der Waals surface area contributed by atoms with E-state index in [0.717, 1.165) is 0 Å². The first kappa shape index (κ1) is 10.6. The number of terminal acetylenes is 1. The molecule has 0 aliphatic carbocycles. The van der Waals surface area contributed by atoms with Crippen molar-refractivity contribution in [2.24, 2.45) is 5.92 Å². The standard InChI is InChI=1S/C12H13FO/c1-4-10-5-6-12(11(13)7-10)14-8-9(2)3/h1,5-7,9H,8H2,2-3H3. The highest BCUT2D eigenvalue weighted by Gasteiger charge is 2.04.